The highest BCUT2D eigenvalue weighted by molar-refractivity contribution is 5.58. The van der Waals surface area contributed by atoms with Crippen molar-refractivity contribution in [3.63, 3.8) is 0 Å². The molecule has 0 amide bonds. The predicted octanol–water partition coefficient (Wildman–Crippen LogP) is 2.78. The quantitative estimate of drug-likeness (QED) is 0.591. The Balaban J connectivity index is 2.56. The van der Waals surface area contributed by atoms with Crippen molar-refractivity contribution in [3.05, 3.63) is 29.3 Å². The molecule has 0 atom stereocenters. The van der Waals surface area contributed by atoms with Crippen LogP contribution in [0.4, 0.5) is 5.69 Å². The number of hydrogen-bond acceptors (Lipinski definition) is 3. The second-order valence-corrected chi connectivity index (χ2v) is 5.00. The standard InChI is InChI=1S/C14H18N2O/c1-11-5-6-13(16(2)3)12(9-11)14(15-10-17)7-4-8-14/h5-6,9H,4,7-8H2,1-3H3. The molecule has 0 aliphatic heterocycles. The van der Waals surface area contributed by atoms with Gasteiger partial charge < -0.3 is 4.90 Å². The number of benzene rings is 1. The van der Waals surface area contributed by atoms with Gasteiger partial charge in [0.1, 0.15) is 5.54 Å². The van der Waals surface area contributed by atoms with E-state index in [9.17, 15) is 4.79 Å². The maximum atomic E-state index is 10.6. The van der Waals surface area contributed by atoms with E-state index < -0.39 is 0 Å². The van der Waals surface area contributed by atoms with Crippen LogP contribution in [-0.4, -0.2) is 20.2 Å². The summed E-state index contributed by atoms with van der Waals surface area (Å²) in [5, 5.41) is 0. The van der Waals surface area contributed by atoms with Crippen molar-refractivity contribution in [1.29, 1.82) is 0 Å². The molecule has 0 saturated heterocycles. The highest BCUT2D eigenvalue weighted by Crippen LogP contribution is 2.48. The van der Waals surface area contributed by atoms with Gasteiger partial charge in [0.2, 0.25) is 6.08 Å². The molecule has 1 aliphatic rings. The SMILES string of the molecule is Cc1ccc(N(C)C)c(C2(N=C=O)CCC2)c1. The number of rotatable bonds is 3. The summed E-state index contributed by atoms with van der Waals surface area (Å²) in [6.45, 7) is 2.07. The number of anilines is 1. The molecule has 0 heterocycles. The Morgan fingerprint density at radius 2 is 2.06 bits per heavy atom. The third-order valence-corrected chi connectivity index (χ3v) is 3.58. The average molecular weight is 230 g/mol. The Kier molecular flexibility index (Phi) is 3.03. The summed E-state index contributed by atoms with van der Waals surface area (Å²) in [5.74, 6) is 0. The molecular formula is C14H18N2O. The number of nitrogens with zero attached hydrogens (tertiary/aromatic N) is 2. The summed E-state index contributed by atoms with van der Waals surface area (Å²) in [4.78, 5) is 16.8. The molecule has 3 heteroatoms. The fourth-order valence-electron chi connectivity index (χ4n) is 2.45. The van der Waals surface area contributed by atoms with Crippen molar-refractivity contribution in [2.45, 2.75) is 31.7 Å². The monoisotopic (exact) mass is 230 g/mol. The van der Waals surface area contributed by atoms with Gasteiger partial charge >= 0.3 is 0 Å². The molecule has 0 spiro atoms. The van der Waals surface area contributed by atoms with Crippen LogP contribution in [0.15, 0.2) is 23.2 Å². The Bertz CT molecular complexity index is 469. The van der Waals surface area contributed by atoms with Crippen LogP contribution in [0.1, 0.15) is 30.4 Å². The molecule has 17 heavy (non-hydrogen) atoms. The smallest absolute Gasteiger partial charge is 0.235 e. The van der Waals surface area contributed by atoms with Gasteiger partial charge in [0.05, 0.1) is 0 Å². The third kappa shape index (κ3) is 1.98. The van der Waals surface area contributed by atoms with E-state index in [0.29, 0.717) is 0 Å². The van der Waals surface area contributed by atoms with Crippen LogP contribution in [0.25, 0.3) is 0 Å². The summed E-state index contributed by atoms with van der Waals surface area (Å²) < 4.78 is 0. The van der Waals surface area contributed by atoms with Crippen molar-refractivity contribution in [2.24, 2.45) is 4.99 Å². The van der Waals surface area contributed by atoms with Gasteiger partial charge in [-0.3, -0.25) is 0 Å². The summed E-state index contributed by atoms with van der Waals surface area (Å²) in [6, 6.07) is 6.34. The molecule has 1 saturated carbocycles. The Morgan fingerprint density at radius 3 is 2.53 bits per heavy atom. The van der Waals surface area contributed by atoms with Gasteiger partial charge in [0.15, 0.2) is 0 Å². The largest absolute Gasteiger partial charge is 0.377 e. The van der Waals surface area contributed by atoms with E-state index >= 15 is 0 Å². The maximum Gasteiger partial charge on any atom is 0.235 e. The highest BCUT2D eigenvalue weighted by Gasteiger charge is 2.40. The summed E-state index contributed by atoms with van der Waals surface area (Å²) in [7, 11) is 4.04. The fourth-order valence-corrected chi connectivity index (χ4v) is 2.45. The molecule has 0 radical (unpaired) electrons. The molecule has 90 valence electrons. The van der Waals surface area contributed by atoms with E-state index in [1.807, 2.05) is 14.1 Å². The Hall–Kier alpha value is -1.60. The molecule has 0 N–H and O–H groups in total. The zero-order valence-corrected chi connectivity index (χ0v) is 10.7. The topological polar surface area (TPSA) is 32.7 Å². The lowest BCUT2D eigenvalue weighted by Crippen LogP contribution is -2.33. The lowest BCUT2D eigenvalue weighted by atomic mass is 9.71. The molecule has 1 fully saturated rings. The second-order valence-electron chi connectivity index (χ2n) is 5.00. The van der Waals surface area contributed by atoms with Crippen LogP contribution in [0.3, 0.4) is 0 Å². The normalized spacial score (nSPS) is 16.9. The first-order valence-electron chi connectivity index (χ1n) is 5.96. The number of aliphatic imine (C=N–C) groups is 1. The number of carbonyl (C=O) groups excluding carboxylic acids is 1. The average Bonchev–Trinajstić information content (AvgIpc) is 2.22. The minimum atomic E-state index is -0.312. The Labute approximate surface area is 102 Å². The molecule has 1 aromatic carbocycles. The van der Waals surface area contributed by atoms with Crippen LogP contribution in [0.2, 0.25) is 0 Å². The van der Waals surface area contributed by atoms with Crippen LogP contribution < -0.4 is 4.90 Å². The summed E-state index contributed by atoms with van der Waals surface area (Å²) >= 11 is 0. The molecule has 1 aromatic rings. The lowest BCUT2D eigenvalue weighted by molar-refractivity contribution is 0.256. The van der Waals surface area contributed by atoms with Crippen molar-refractivity contribution < 1.29 is 4.79 Å². The maximum absolute atomic E-state index is 10.6. The van der Waals surface area contributed by atoms with E-state index in [2.05, 4.69) is 35.0 Å². The number of hydrogen-bond donors (Lipinski definition) is 0. The van der Waals surface area contributed by atoms with Gasteiger partial charge in [-0.25, -0.2) is 4.79 Å². The van der Waals surface area contributed by atoms with E-state index in [4.69, 9.17) is 0 Å². The molecule has 0 aromatic heterocycles. The van der Waals surface area contributed by atoms with Gasteiger partial charge in [-0.05, 0) is 32.3 Å². The fraction of sp³-hybridized carbons (Fsp3) is 0.500. The molecule has 0 bridgehead atoms. The summed E-state index contributed by atoms with van der Waals surface area (Å²) in [5.41, 5.74) is 3.21. The van der Waals surface area contributed by atoms with Gasteiger partial charge in [-0.2, -0.15) is 4.99 Å². The van der Waals surface area contributed by atoms with E-state index in [0.717, 1.165) is 30.5 Å². The van der Waals surface area contributed by atoms with Crippen LogP contribution >= 0.6 is 0 Å². The first kappa shape index (κ1) is 11.9. The number of aryl methyl sites for hydroxylation is 1. The predicted molar refractivity (Wildman–Crippen MR) is 69.2 cm³/mol. The molecule has 2 rings (SSSR count). The molecule has 0 unspecified atom stereocenters. The second kappa shape index (κ2) is 4.34. The zero-order chi connectivity index (χ0) is 12.5. The van der Waals surface area contributed by atoms with E-state index in [1.54, 1.807) is 6.08 Å². The van der Waals surface area contributed by atoms with Crippen LogP contribution in [0.5, 0.6) is 0 Å². The highest BCUT2D eigenvalue weighted by atomic mass is 16.1. The third-order valence-electron chi connectivity index (χ3n) is 3.58. The molecular weight excluding hydrogens is 212 g/mol. The zero-order valence-electron chi connectivity index (χ0n) is 10.7. The van der Waals surface area contributed by atoms with Crippen molar-refractivity contribution in [2.75, 3.05) is 19.0 Å². The van der Waals surface area contributed by atoms with Crippen LogP contribution in [-0.2, 0) is 10.3 Å². The van der Waals surface area contributed by atoms with Crippen molar-refractivity contribution in [1.82, 2.24) is 0 Å². The van der Waals surface area contributed by atoms with Crippen LogP contribution in [0, 0.1) is 6.92 Å². The van der Waals surface area contributed by atoms with Gasteiger partial charge in [-0.1, -0.05) is 17.7 Å². The Morgan fingerprint density at radius 1 is 1.35 bits per heavy atom. The van der Waals surface area contributed by atoms with Gasteiger partial charge in [0, 0.05) is 25.3 Å². The molecule has 1 aliphatic carbocycles. The minimum Gasteiger partial charge on any atom is -0.377 e. The summed E-state index contributed by atoms with van der Waals surface area (Å²) in [6.07, 6.45) is 4.78. The molecule has 3 nitrogen and oxygen atoms in total. The van der Waals surface area contributed by atoms with E-state index in [1.165, 1.54) is 5.56 Å². The van der Waals surface area contributed by atoms with Crippen molar-refractivity contribution in [3.8, 4) is 0 Å². The van der Waals surface area contributed by atoms with Gasteiger partial charge in [0.25, 0.3) is 0 Å². The first-order valence-corrected chi connectivity index (χ1v) is 5.96. The first-order chi connectivity index (χ1) is 8.09. The lowest BCUT2D eigenvalue weighted by Gasteiger charge is -2.39. The number of isocyanates is 1. The van der Waals surface area contributed by atoms with Gasteiger partial charge in [-0.15, -0.1) is 0 Å². The minimum absolute atomic E-state index is 0.312. The van der Waals surface area contributed by atoms with Crippen molar-refractivity contribution >= 4 is 11.8 Å². The van der Waals surface area contributed by atoms with E-state index in [-0.39, 0.29) is 5.54 Å².